The maximum absolute atomic E-state index is 11.9. The first-order valence-corrected chi connectivity index (χ1v) is 6.33. The predicted molar refractivity (Wildman–Crippen MR) is 63.2 cm³/mol. The highest BCUT2D eigenvalue weighted by Crippen LogP contribution is 2.42. The number of unbranched alkanes of at least 4 members (excludes halogenated alkanes) is 1. The van der Waals surface area contributed by atoms with Crippen molar-refractivity contribution >= 4 is 5.97 Å². The third kappa shape index (κ3) is 3.21. The van der Waals surface area contributed by atoms with E-state index in [1.54, 1.807) is 7.11 Å². The van der Waals surface area contributed by atoms with Crippen molar-refractivity contribution < 1.29 is 14.3 Å². The first kappa shape index (κ1) is 13.5. The first-order valence-electron chi connectivity index (χ1n) is 6.33. The minimum Gasteiger partial charge on any atom is -0.456 e. The molecule has 1 fully saturated rings. The lowest BCUT2D eigenvalue weighted by Gasteiger charge is -2.18. The summed E-state index contributed by atoms with van der Waals surface area (Å²) >= 11 is 0. The molecular weight excluding hydrogens is 204 g/mol. The van der Waals surface area contributed by atoms with E-state index < -0.39 is 0 Å². The molecule has 1 rings (SSSR count). The van der Waals surface area contributed by atoms with E-state index in [0.717, 1.165) is 32.1 Å². The highest BCUT2D eigenvalue weighted by molar-refractivity contribution is 5.73. The Hall–Kier alpha value is -0.570. The molecule has 1 saturated carbocycles. The molecule has 1 aliphatic rings. The van der Waals surface area contributed by atoms with Crippen molar-refractivity contribution in [2.75, 3.05) is 7.11 Å². The molecule has 0 aliphatic heterocycles. The smallest absolute Gasteiger partial charge is 0.309 e. The SMILES string of the molecule is CCCCC(CC)C(=O)OC1(C)CC1OC. The molecule has 0 bridgehead atoms. The predicted octanol–water partition coefficient (Wildman–Crippen LogP) is 2.92. The van der Waals surface area contributed by atoms with Crippen molar-refractivity contribution in [2.24, 2.45) is 5.92 Å². The quantitative estimate of drug-likeness (QED) is 0.628. The summed E-state index contributed by atoms with van der Waals surface area (Å²) in [5.41, 5.74) is -0.356. The number of carbonyl (C=O) groups is 1. The van der Waals surface area contributed by atoms with Crippen molar-refractivity contribution in [3.63, 3.8) is 0 Å². The third-order valence-corrected chi connectivity index (χ3v) is 3.46. The number of hydrogen-bond acceptors (Lipinski definition) is 3. The van der Waals surface area contributed by atoms with Crippen LogP contribution in [0.2, 0.25) is 0 Å². The summed E-state index contributed by atoms with van der Waals surface area (Å²) < 4.78 is 10.7. The van der Waals surface area contributed by atoms with Gasteiger partial charge in [-0.15, -0.1) is 0 Å². The number of esters is 1. The summed E-state index contributed by atoms with van der Waals surface area (Å²) in [5, 5.41) is 0. The van der Waals surface area contributed by atoms with Crippen LogP contribution in [-0.2, 0) is 14.3 Å². The highest BCUT2D eigenvalue weighted by atomic mass is 16.6. The Kier molecular flexibility index (Phi) is 4.78. The maximum Gasteiger partial charge on any atom is 0.309 e. The average molecular weight is 228 g/mol. The lowest BCUT2D eigenvalue weighted by Crippen LogP contribution is -2.26. The van der Waals surface area contributed by atoms with Gasteiger partial charge < -0.3 is 9.47 Å². The zero-order valence-corrected chi connectivity index (χ0v) is 10.9. The normalized spacial score (nSPS) is 29.9. The van der Waals surface area contributed by atoms with Gasteiger partial charge in [-0.05, 0) is 19.8 Å². The molecule has 94 valence electrons. The second-order valence-corrected chi connectivity index (χ2v) is 4.91. The molecule has 0 saturated heterocycles. The fraction of sp³-hybridized carbons (Fsp3) is 0.923. The molecule has 0 aromatic rings. The van der Waals surface area contributed by atoms with Crippen LogP contribution in [0.15, 0.2) is 0 Å². The Bertz CT molecular complexity index is 239. The standard InChI is InChI=1S/C13H24O3/c1-5-7-8-10(6-2)12(14)16-13(3)9-11(13)15-4/h10-11H,5-9H2,1-4H3. The molecule has 0 N–H and O–H groups in total. The molecule has 3 atom stereocenters. The minimum atomic E-state index is -0.356. The summed E-state index contributed by atoms with van der Waals surface area (Å²) in [6.45, 7) is 6.14. The van der Waals surface area contributed by atoms with Crippen molar-refractivity contribution in [3.8, 4) is 0 Å². The topological polar surface area (TPSA) is 35.5 Å². The van der Waals surface area contributed by atoms with Gasteiger partial charge >= 0.3 is 5.97 Å². The molecule has 3 nitrogen and oxygen atoms in total. The van der Waals surface area contributed by atoms with Gasteiger partial charge in [0, 0.05) is 13.5 Å². The maximum atomic E-state index is 11.9. The van der Waals surface area contributed by atoms with Gasteiger partial charge in [0.25, 0.3) is 0 Å². The van der Waals surface area contributed by atoms with Crippen molar-refractivity contribution in [3.05, 3.63) is 0 Å². The van der Waals surface area contributed by atoms with Gasteiger partial charge in [0.15, 0.2) is 0 Å². The van der Waals surface area contributed by atoms with Crippen LogP contribution in [0.1, 0.15) is 52.9 Å². The van der Waals surface area contributed by atoms with Gasteiger partial charge in [0.1, 0.15) is 11.7 Å². The monoisotopic (exact) mass is 228 g/mol. The Balaban J connectivity index is 2.38. The van der Waals surface area contributed by atoms with Crippen LogP contribution in [0.4, 0.5) is 0 Å². The summed E-state index contributed by atoms with van der Waals surface area (Å²) in [6.07, 6.45) is 4.96. The van der Waals surface area contributed by atoms with Crippen LogP contribution in [0.5, 0.6) is 0 Å². The molecule has 0 amide bonds. The highest BCUT2D eigenvalue weighted by Gasteiger charge is 2.55. The van der Waals surface area contributed by atoms with Crippen LogP contribution in [0, 0.1) is 5.92 Å². The Morgan fingerprint density at radius 3 is 2.62 bits per heavy atom. The fourth-order valence-corrected chi connectivity index (χ4v) is 2.00. The average Bonchev–Trinajstić information content (AvgIpc) is 2.90. The van der Waals surface area contributed by atoms with E-state index in [-0.39, 0.29) is 23.6 Å². The fourth-order valence-electron chi connectivity index (χ4n) is 2.00. The molecule has 0 aromatic carbocycles. The number of methoxy groups -OCH3 is 1. The molecule has 3 unspecified atom stereocenters. The lowest BCUT2D eigenvalue weighted by molar-refractivity contribution is -0.158. The lowest BCUT2D eigenvalue weighted by atomic mass is 10.00. The minimum absolute atomic E-state index is 0.0435. The van der Waals surface area contributed by atoms with E-state index in [0.29, 0.717) is 0 Å². The van der Waals surface area contributed by atoms with Crippen LogP contribution in [-0.4, -0.2) is 24.8 Å². The second kappa shape index (κ2) is 5.67. The van der Waals surface area contributed by atoms with Crippen molar-refractivity contribution in [1.29, 1.82) is 0 Å². The molecule has 0 heterocycles. The Morgan fingerprint density at radius 2 is 2.19 bits per heavy atom. The van der Waals surface area contributed by atoms with E-state index in [2.05, 4.69) is 6.92 Å². The van der Waals surface area contributed by atoms with Gasteiger partial charge in [0.2, 0.25) is 0 Å². The van der Waals surface area contributed by atoms with E-state index >= 15 is 0 Å². The Labute approximate surface area is 98.5 Å². The summed E-state index contributed by atoms with van der Waals surface area (Å²) in [7, 11) is 1.66. The number of carbonyl (C=O) groups excluding carboxylic acids is 1. The van der Waals surface area contributed by atoms with Gasteiger partial charge in [0.05, 0.1) is 5.92 Å². The van der Waals surface area contributed by atoms with E-state index in [4.69, 9.17) is 9.47 Å². The molecule has 1 aliphatic carbocycles. The van der Waals surface area contributed by atoms with Crippen LogP contribution < -0.4 is 0 Å². The summed E-state index contributed by atoms with van der Waals surface area (Å²) in [4.78, 5) is 11.9. The number of rotatable bonds is 7. The van der Waals surface area contributed by atoms with Crippen molar-refractivity contribution in [1.82, 2.24) is 0 Å². The molecule has 16 heavy (non-hydrogen) atoms. The molecule has 3 heteroatoms. The van der Waals surface area contributed by atoms with Gasteiger partial charge in [-0.3, -0.25) is 4.79 Å². The Morgan fingerprint density at radius 1 is 1.50 bits per heavy atom. The van der Waals surface area contributed by atoms with Gasteiger partial charge in [-0.2, -0.15) is 0 Å². The number of ether oxygens (including phenoxy) is 2. The number of hydrogen-bond donors (Lipinski definition) is 0. The zero-order valence-electron chi connectivity index (χ0n) is 10.9. The second-order valence-electron chi connectivity index (χ2n) is 4.91. The first-order chi connectivity index (χ1) is 7.57. The largest absolute Gasteiger partial charge is 0.456 e. The summed E-state index contributed by atoms with van der Waals surface area (Å²) in [5.74, 6) is 0.0212. The van der Waals surface area contributed by atoms with E-state index in [9.17, 15) is 4.79 Å². The molecule has 0 radical (unpaired) electrons. The molecular formula is C13H24O3. The van der Waals surface area contributed by atoms with Crippen LogP contribution >= 0.6 is 0 Å². The third-order valence-electron chi connectivity index (χ3n) is 3.46. The molecule has 0 aromatic heterocycles. The zero-order chi connectivity index (χ0) is 12.2. The van der Waals surface area contributed by atoms with E-state index in [1.165, 1.54) is 0 Å². The van der Waals surface area contributed by atoms with Crippen LogP contribution in [0.3, 0.4) is 0 Å². The van der Waals surface area contributed by atoms with Crippen molar-refractivity contribution in [2.45, 2.75) is 64.6 Å². The summed E-state index contributed by atoms with van der Waals surface area (Å²) in [6, 6.07) is 0. The van der Waals surface area contributed by atoms with Crippen LogP contribution in [0.25, 0.3) is 0 Å². The van der Waals surface area contributed by atoms with Gasteiger partial charge in [-0.1, -0.05) is 26.7 Å². The molecule has 0 spiro atoms. The van der Waals surface area contributed by atoms with E-state index in [1.807, 2.05) is 13.8 Å². The van der Waals surface area contributed by atoms with Gasteiger partial charge in [-0.25, -0.2) is 0 Å².